The number of hydrogen-bond donors (Lipinski definition) is 4. The average molecular weight is 594 g/mol. The molecule has 9 atom stereocenters. The van der Waals surface area contributed by atoms with E-state index in [-0.39, 0.29) is 28.5 Å². The number of aliphatic hydroxyl groups is 1. The van der Waals surface area contributed by atoms with Crippen molar-refractivity contribution in [1.82, 2.24) is 10.6 Å². The van der Waals surface area contributed by atoms with Crippen LogP contribution in [0.25, 0.3) is 0 Å². The standard InChI is InChI=1S/C34H47N3O6/c1-19(36-27(41)42)26(40)37-30(5)13-11-29(4)12-14-33(8)32(7)10-9-21-28(2,3)25(39)20(18-35)16-31(21,6)22(32)15-24(38)34(33,43)23(29)17-30/h15-16,19,21,23,36,43H,9-14,17H2,1-8H3,(H,37,40)(H,41,42)/t19?,21-,23+,29+,30-,31-,32+,33-,34+/m0/s1. The van der Waals surface area contributed by atoms with E-state index < -0.39 is 56.8 Å². The number of allylic oxidation sites excluding steroid dienone is 3. The van der Waals surface area contributed by atoms with E-state index in [1.165, 1.54) is 6.92 Å². The number of ketones is 2. The predicted octanol–water partition coefficient (Wildman–Crippen LogP) is 4.85. The quantitative estimate of drug-likeness (QED) is 0.364. The maximum absolute atomic E-state index is 14.6. The first kappa shape index (κ1) is 31.4. The molecule has 5 aliphatic rings. The van der Waals surface area contributed by atoms with E-state index in [9.17, 15) is 29.5 Å². The normalized spacial score (nSPS) is 45.5. The van der Waals surface area contributed by atoms with Crippen LogP contribution in [0, 0.1) is 50.2 Å². The van der Waals surface area contributed by atoms with Gasteiger partial charge < -0.3 is 20.8 Å². The molecule has 0 radical (unpaired) electrons. The third-order valence-corrected chi connectivity index (χ3v) is 13.4. The largest absolute Gasteiger partial charge is 0.465 e. The maximum atomic E-state index is 14.6. The molecule has 3 fully saturated rings. The van der Waals surface area contributed by atoms with Crippen LogP contribution in [0.2, 0.25) is 0 Å². The second-order valence-electron chi connectivity index (χ2n) is 16.1. The van der Waals surface area contributed by atoms with Crippen molar-refractivity contribution in [3.05, 3.63) is 23.3 Å². The van der Waals surface area contributed by atoms with E-state index >= 15 is 0 Å². The summed E-state index contributed by atoms with van der Waals surface area (Å²) in [5.41, 5.74) is -4.58. The number of carbonyl (C=O) groups excluding carboxylic acids is 3. The van der Waals surface area contributed by atoms with E-state index in [1.54, 1.807) is 12.2 Å². The third-order valence-electron chi connectivity index (χ3n) is 13.4. The summed E-state index contributed by atoms with van der Waals surface area (Å²) in [6, 6.07) is 1.18. The van der Waals surface area contributed by atoms with Crippen molar-refractivity contribution >= 4 is 23.6 Å². The Hall–Kier alpha value is -2.99. The number of carbonyl (C=O) groups is 4. The topological polar surface area (TPSA) is 157 Å². The lowest BCUT2D eigenvalue weighted by atomic mass is 9.33. The summed E-state index contributed by atoms with van der Waals surface area (Å²) in [4.78, 5) is 51.9. The lowest BCUT2D eigenvalue weighted by Crippen LogP contribution is -2.74. The van der Waals surface area contributed by atoms with Gasteiger partial charge in [-0.05, 0) is 87.2 Å². The van der Waals surface area contributed by atoms with Gasteiger partial charge >= 0.3 is 6.09 Å². The molecule has 0 spiro atoms. The molecule has 234 valence electrons. The molecule has 4 N–H and O–H groups in total. The summed E-state index contributed by atoms with van der Waals surface area (Å²) >= 11 is 0. The molecule has 0 aliphatic heterocycles. The highest BCUT2D eigenvalue weighted by Gasteiger charge is 2.75. The lowest BCUT2D eigenvalue weighted by Gasteiger charge is -2.71. The Morgan fingerprint density at radius 2 is 1.63 bits per heavy atom. The van der Waals surface area contributed by atoms with Gasteiger partial charge in [0, 0.05) is 27.7 Å². The first-order valence-electron chi connectivity index (χ1n) is 15.6. The van der Waals surface area contributed by atoms with E-state index in [1.807, 2.05) is 20.8 Å². The van der Waals surface area contributed by atoms with Crippen molar-refractivity contribution in [2.75, 3.05) is 0 Å². The molecule has 0 heterocycles. The van der Waals surface area contributed by atoms with E-state index in [0.29, 0.717) is 32.1 Å². The van der Waals surface area contributed by atoms with Crippen molar-refractivity contribution < 1.29 is 29.4 Å². The molecule has 5 aliphatic carbocycles. The Labute approximate surface area is 254 Å². The van der Waals surface area contributed by atoms with E-state index in [0.717, 1.165) is 18.4 Å². The highest BCUT2D eigenvalue weighted by molar-refractivity contribution is 6.05. The van der Waals surface area contributed by atoms with Gasteiger partial charge in [-0.1, -0.05) is 47.6 Å². The zero-order valence-electron chi connectivity index (χ0n) is 26.8. The SMILES string of the molecule is CC(NC(=O)O)C(=O)N[C@@]1(C)CC[C@]2(C)CC[C@@]3(C)[C@]4(C)CC[C@H]5C(C)(C)C(=O)C(C#N)=C[C@]5(C)C4=CC(=O)[C@]3(O)[C@@H]2C1. The summed E-state index contributed by atoms with van der Waals surface area (Å²) < 4.78 is 0. The van der Waals surface area contributed by atoms with Gasteiger partial charge in [0.1, 0.15) is 17.7 Å². The fourth-order valence-corrected chi connectivity index (χ4v) is 10.5. The molecule has 2 amide bonds. The van der Waals surface area contributed by atoms with Crippen molar-refractivity contribution in [2.45, 2.75) is 118 Å². The number of amides is 2. The molecule has 0 aromatic heterocycles. The molecule has 43 heavy (non-hydrogen) atoms. The van der Waals surface area contributed by atoms with Crippen LogP contribution in [-0.2, 0) is 14.4 Å². The minimum Gasteiger partial charge on any atom is -0.465 e. The van der Waals surface area contributed by atoms with E-state index in [2.05, 4.69) is 44.4 Å². The molecular weight excluding hydrogens is 546 g/mol. The minimum absolute atomic E-state index is 0.0880. The van der Waals surface area contributed by atoms with Crippen LogP contribution in [0.15, 0.2) is 23.3 Å². The first-order chi connectivity index (χ1) is 19.6. The number of carboxylic acid groups (broad SMARTS) is 1. The van der Waals surface area contributed by atoms with Crippen LogP contribution in [0.1, 0.15) is 100 Å². The van der Waals surface area contributed by atoms with Gasteiger partial charge in [0.05, 0.1) is 5.57 Å². The van der Waals surface area contributed by atoms with Gasteiger partial charge in [-0.2, -0.15) is 5.26 Å². The molecule has 1 unspecified atom stereocenters. The number of nitrogens with one attached hydrogen (secondary N) is 2. The number of nitrogens with zero attached hydrogens (tertiary/aromatic N) is 1. The summed E-state index contributed by atoms with van der Waals surface area (Å²) in [5.74, 6) is -1.46. The lowest BCUT2D eigenvalue weighted by molar-refractivity contribution is -0.240. The van der Waals surface area contributed by atoms with Crippen LogP contribution in [0.4, 0.5) is 4.79 Å². The van der Waals surface area contributed by atoms with Gasteiger partial charge in [-0.25, -0.2) is 4.79 Å². The molecule has 9 heteroatoms. The Bertz CT molecular complexity index is 1420. The van der Waals surface area contributed by atoms with Gasteiger partial charge in [-0.15, -0.1) is 0 Å². The second-order valence-corrected chi connectivity index (χ2v) is 16.1. The van der Waals surface area contributed by atoms with Gasteiger partial charge in [0.15, 0.2) is 11.6 Å². The third kappa shape index (κ3) is 3.97. The molecular formula is C34H47N3O6. The van der Waals surface area contributed by atoms with Crippen LogP contribution < -0.4 is 10.6 Å². The Kier molecular flexibility index (Phi) is 6.77. The molecule has 0 aromatic rings. The van der Waals surface area contributed by atoms with Gasteiger partial charge in [0.25, 0.3) is 0 Å². The zero-order chi connectivity index (χ0) is 32.2. The average Bonchev–Trinajstić information content (AvgIpc) is 2.91. The van der Waals surface area contributed by atoms with Crippen molar-refractivity contribution in [1.29, 1.82) is 5.26 Å². The molecule has 0 aromatic carbocycles. The van der Waals surface area contributed by atoms with Crippen LogP contribution in [-0.4, -0.2) is 51.0 Å². The maximum Gasteiger partial charge on any atom is 0.405 e. The molecule has 9 nitrogen and oxygen atoms in total. The first-order valence-corrected chi connectivity index (χ1v) is 15.6. The van der Waals surface area contributed by atoms with Crippen LogP contribution in [0.5, 0.6) is 0 Å². The Morgan fingerprint density at radius 3 is 2.23 bits per heavy atom. The second kappa shape index (κ2) is 9.26. The highest BCUT2D eigenvalue weighted by atomic mass is 16.4. The smallest absolute Gasteiger partial charge is 0.405 e. The predicted molar refractivity (Wildman–Crippen MR) is 159 cm³/mol. The molecule has 0 saturated heterocycles. The summed E-state index contributed by atoms with van der Waals surface area (Å²) in [6.07, 6.45) is 6.79. The van der Waals surface area contributed by atoms with Crippen molar-refractivity contribution in [3.8, 4) is 6.07 Å². The highest BCUT2D eigenvalue weighted by Crippen LogP contribution is 2.75. The Balaban J connectivity index is 1.60. The summed E-state index contributed by atoms with van der Waals surface area (Å²) in [6.45, 7) is 15.6. The Morgan fingerprint density at radius 1 is 1.00 bits per heavy atom. The van der Waals surface area contributed by atoms with Crippen molar-refractivity contribution in [2.24, 2.45) is 38.9 Å². The monoisotopic (exact) mass is 593 g/mol. The van der Waals surface area contributed by atoms with Crippen molar-refractivity contribution in [3.63, 3.8) is 0 Å². The summed E-state index contributed by atoms with van der Waals surface area (Å²) in [5, 5.41) is 37.2. The van der Waals surface area contributed by atoms with Gasteiger partial charge in [-0.3, -0.25) is 14.4 Å². The van der Waals surface area contributed by atoms with Gasteiger partial charge in [0.2, 0.25) is 5.91 Å². The van der Waals surface area contributed by atoms with Crippen LogP contribution in [0.3, 0.4) is 0 Å². The zero-order valence-corrected chi connectivity index (χ0v) is 26.8. The van der Waals surface area contributed by atoms with Crippen LogP contribution >= 0.6 is 0 Å². The number of rotatable bonds is 3. The van der Waals surface area contributed by atoms with E-state index in [4.69, 9.17) is 5.11 Å². The number of hydrogen-bond acceptors (Lipinski definition) is 6. The summed E-state index contributed by atoms with van der Waals surface area (Å²) in [7, 11) is 0. The molecule has 3 saturated carbocycles. The molecule has 0 bridgehead atoms. The number of fused-ring (bicyclic) bond motifs is 7. The molecule has 5 rings (SSSR count). The number of nitriles is 1. The minimum atomic E-state index is -1.69. The fraction of sp³-hybridized carbons (Fsp3) is 0.735. The fourth-order valence-electron chi connectivity index (χ4n) is 10.5. The number of Topliss-reactive ketones (excluding diaryl/α,β-unsaturated/α-hetero) is 1.